The number of halogens is 2. The van der Waals surface area contributed by atoms with E-state index in [0.717, 1.165) is 16.5 Å². The van der Waals surface area contributed by atoms with Crippen molar-refractivity contribution in [1.29, 1.82) is 0 Å². The van der Waals surface area contributed by atoms with Crippen LogP contribution in [0, 0.1) is 5.82 Å². The van der Waals surface area contributed by atoms with Crippen molar-refractivity contribution >= 4 is 27.7 Å². The third kappa shape index (κ3) is 6.44. The number of hydrogen-bond donors (Lipinski definition) is 1. The van der Waals surface area contributed by atoms with Gasteiger partial charge in [-0.15, -0.1) is 0 Å². The van der Waals surface area contributed by atoms with Crippen LogP contribution >= 0.6 is 15.9 Å². The van der Waals surface area contributed by atoms with E-state index in [0.29, 0.717) is 12.1 Å². The lowest BCUT2D eigenvalue weighted by atomic mass is 10.1. The molecule has 150 valence electrons. The summed E-state index contributed by atoms with van der Waals surface area (Å²) in [5.74, 6) is -0.704. The van der Waals surface area contributed by atoms with Gasteiger partial charge in [0.25, 0.3) is 0 Å². The molecule has 1 N–H and O–H groups in total. The van der Waals surface area contributed by atoms with Crippen molar-refractivity contribution in [3.05, 3.63) is 69.9 Å². The van der Waals surface area contributed by atoms with E-state index in [9.17, 15) is 14.0 Å². The third-order valence-corrected chi connectivity index (χ3v) is 5.23. The fourth-order valence-corrected chi connectivity index (χ4v) is 2.98. The van der Waals surface area contributed by atoms with Crippen LogP contribution in [0.1, 0.15) is 38.3 Å². The maximum Gasteiger partial charge on any atom is 0.242 e. The predicted molar refractivity (Wildman–Crippen MR) is 112 cm³/mol. The fraction of sp³-hybridized carbons (Fsp3) is 0.364. The van der Waals surface area contributed by atoms with Gasteiger partial charge in [0, 0.05) is 17.1 Å². The molecule has 2 amide bonds. The molecule has 0 saturated carbocycles. The van der Waals surface area contributed by atoms with E-state index in [1.807, 2.05) is 38.1 Å². The summed E-state index contributed by atoms with van der Waals surface area (Å²) in [5.41, 5.74) is 1.64. The van der Waals surface area contributed by atoms with Crippen LogP contribution < -0.4 is 5.32 Å². The number of carbonyl (C=O) groups is 2. The molecule has 0 spiro atoms. The van der Waals surface area contributed by atoms with Crippen molar-refractivity contribution in [3.63, 3.8) is 0 Å². The van der Waals surface area contributed by atoms with Crippen LogP contribution in [-0.2, 0) is 22.6 Å². The molecule has 0 radical (unpaired) electrons. The van der Waals surface area contributed by atoms with Gasteiger partial charge in [-0.05, 0) is 55.7 Å². The number of nitrogens with zero attached hydrogens (tertiary/aromatic N) is 1. The van der Waals surface area contributed by atoms with E-state index in [2.05, 4.69) is 21.2 Å². The molecule has 0 unspecified atom stereocenters. The Bertz CT molecular complexity index is 793. The van der Waals surface area contributed by atoms with Crippen molar-refractivity contribution in [2.24, 2.45) is 0 Å². The minimum absolute atomic E-state index is 0.0386. The minimum atomic E-state index is -0.620. The highest BCUT2D eigenvalue weighted by atomic mass is 79.9. The van der Waals surface area contributed by atoms with Crippen LogP contribution in [0.15, 0.2) is 53.0 Å². The maximum absolute atomic E-state index is 13.1. The number of rotatable bonds is 8. The van der Waals surface area contributed by atoms with Gasteiger partial charge >= 0.3 is 0 Å². The number of nitrogens with one attached hydrogen (secondary N) is 1. The fourth-order valence-electron chi connectivity index (χ4n) is 2.71. The topological polar surface area (TPSA) is 49.4 Å². The molecule has 0 saturated heterocycles. The molecular formula is C22H26BrFN2O2. The normalized spacial score (nSPS) is 12.9. The van der Waals surface area contributed by atoms with E-state index in [-0.39, 0.29) is 30.1 Å². The number of benzene rings is 2. The number of carbonyl (C=O) groups excluding carboxylic acids is 2. The molecule has 2 atom stereocenters. The molecule has 28 heavy (non-hydrogen) atoms. The smallest absolute Gasteiger partial charge is 0.242 e. The zero-order chi connectivity index (χ0) is 20.7. The molecule has 0 fully saturated rings. The molecule has 0 aromatic heterocycles. The van der Waals surface area contributed by atoms with Crippen LogP contribution in [0.3, 0.4) is 0 Å². The van der Waals surface area contributed by atoms with Crippen LogP contribution in [-0.4, -0.2) is 28.8 Å². The first-order valence-electron chi connectivity index (χ1n) is 9.39. The summed E-state index contributed by atoms with van der Waals surface area (Å²) in [6.45, 7) is 5.99. The molecule has 0 aliphatic rings. The quantitative estimate of drug-likeness (QED) is 0.647. The zero-order valence-corrected chi connectivity index (χ0v) is 18.0. The molecule has 6 heteroatoms. The monoisotopic (exact) mass is 448 g/mol. The van der Waals surface area contributed by atoms with Crippen molar-refractivity contribution in [1.82, 2.24) is 10.2 Å². The Kier molecular flexibility index (Phi) is 8.18. The first-order valence-corrected chi connectivity index (χ1v) is 10.2. The van der Waals surface area contributed by atoms with Gasteiger partial charge in [-0.1, -0.05) is 47.1 Å². The Morgan fingerprint density at radius 2 is 1.61 bits per heavy atom. The maximum atomic E-state index is 13.1. The zero-order valence-electron chi connectivity index (χ0n) is 16.4. The van der Waals surface area contributed by atoms with Gasteiger partial charge in [-0.25, -0.2) is 4.39 Å². The number of amides is 2. The second-order valence-electron chi connectivity index (χ2n) is 6.95. The van der Waals surface area contributed by atoms with E-state index < -0.39 is 6.04 Å². The summed E-state index contributed by atoms with van der Waals surface area (Å²) in [7, 11) is 0. The summed E-state index contributed by atoms with van der Waals surface area (Å²) in [6.07, 6.45) is 0.923. The average molecular weight is 449 g/mol. The van der Waals surface area contributed by atoms with Gasteiger partial charge in [-0.3, -0.25) is 9.59 Å². The van der Waals surface area contributed by atoms with Gasteiger partial charge in [0.1, 0.15) is 11.9 Å². The Morgan fingerprint density at radius 3 is 2.18 bits per heavy atom. The summed E-state index contributed by atoms with van der Waals surface area (Å²) >= 11 is 3.40. The van der Waals surface area contributed by atoms with Gasteiger partial charge in [0.05, 0.1) is 6.42 Å². The summed E-state index contributed by atoms with van der Waals surface area (Å²) in [6, 6.07) is 12.9. The lowest BCUT2D eigenvalue weighted by Gasteiger charge is -2.30. The summed E-state index contributed by atoms with van der Waals surface area (Å²) in [4.78, 5) is 27.2. The molecule has 2 aromatic rings. The molecular weight excluding hydrogens is 423 g/mol. The number of hydrogen-bond acceptors (Lipinski definition) is 2. The standard InChI is InChI=1S/C22H26BrFN2O2/c1-4-15(2)25-22(28)16(3)26(14-18-5-9-19(23)10-6-18)21(27)13-17-7-11-20(24)12-8-17/h5-12,15-16H,4,13-14H2,1-3H3,(H,25,28)/t15-,16+/m1/s1. The van der Waals surface area contributed by atoms with E-state index in [1.54, 1.807) is 24.0 Å². The SMILES string of the molecule is CC[C@@H](C)NC(=O)[C@H](C)N(Cc1ccc(Br)cc1)C(=O)Cc1ccc(F)cc1. The van der Waals surface area contributed by atoms with Crippen molar-refractivity contribution < 1.29 is 14.0 Å². The molecule has 0 heterocycles. The molecule has 0 bridgehead atoms. The second kappa shape index (κ2) is 10.4. The summed E-state index contributed by atoms with van der Waals surface area (Å²) in [5, 5.41) is 2.94. The van der Waals surface area contributed by atoms with Crippen molar-refractivity contribution in [2.45, 2.75) is 52.2 Å². The largest absolute Gasteiger partial charge is 0.352 e. The second-order valence-corrected chi connectivity index (χ2v) is 7.86. The molecule has 4 nitrogen and oxygen atoms in total. The highest BCUT2D eigenvalue weighted by Crippen LogP contribution is 2.16. The van der Waals surface area contributed by atoms with E-state index in [1.165, 1.54) is 12.1 Å². The first kappa shape index (κ1) is 22.1. The highest BCUT2D eigenvalue weighted by molar-refractivity contribution is 9.10. The van der Waals surface area contributed by atoms with Crippen LogP contribution in [0.25, 0.3) is 0 Å². The molecule has 0 aliphatic carbocycles. The summed E-state index contributed by atoms with van der Waals surface area (Å²) < 4.78 is 14.1. The third-order valence-electron chi connectivity index (χ3n) is 4.70. The Hall–Kier alpha value is -2.21. The van der Waals surface area contributed by atoms with Gasteiger partial charge < -0.3 is 10.2 Å². The van der Waals surface area contributed by atoms with Crippen molar-refractivity contribution in [2.75, 3.05) is 0 Å². The first-order chi connectivity index (χ1) is 13.3. The Morgan fingerprint density at radius 1 is 1.04 bits per heavy atom. The Balaban J connectivity index is 2.20. The van der Waals surface area contributed by atoms with Gasteiger partial charge in [-0.2, -0.15) is 0 Å². The van der Waals surface area contributed by atoms with E-state index >= 15 is 0 Å². The van der Waals surface area contributed by atoms with E-state index in [4.69, 9.17) is 0 Å². The predicted octanol–water partition coefficient (Wildman–Crippen LogP) is 4.46. The van der Waals surface area contributed by atoms with Crippen LogP contribution in [0.4, 0.5) is 4.39 Å². The lowest BCUT2D eigenvalue weighted by molar-refractivity contribution is -0.140. The van der Waals surface area contributed by atoms with Crippen LogP contribution in [0.5, 0.6) is 0 Å². The average Bonchev–Trinajstić information content (AvgIpc) is 2.68. The Labute approximate surface area is 174 Å². The minimum Gasteiger partial charge on any atom is -0.352 e. The highest BCUT2D eigenvalue weighted by Gasteiger charge is 2.26. The van der Waals surface area contributed by atoms with Gasteiger partial charge in [0.2, 0.25) is 11.8 Å². The van der Waals surface area contributed by atoms with Crippen LogP contribution in [0.2, 0.25) is 0 Å². The molecule has 2 aromatic carbocycles. The molecule has 0 aliphatic heterocycles. The lowest BCUT2D eigenvalue weighted by Crippen LogP contribution is -2.49. The molecule has 2 rings (SSSR count). The van der Waals surface area contributed by atoms with Crippen molar-refractivity contribution in [3.8, 4) is 0 Å². The van der Waals surface area contributed by atoms with Gasteiger partial charge in [0.15, 0.2) is 0 Å².